The van der Waals surface area contributed by atoms with Crippen LogP contribution in [0.4, 0.5) is 11.4 Å². The minimum Gasteiger partial charge on any atom is -0.378 e. The second-order valence-corrected chi connectivity index (χ2v) is 7.14. The number of anilines is 1. The fourth-order valence-electron chi connectivity index (χ4n) is 2.11. The third kappa shape index (κ3) is 3.48. The molecule has 7 heteroatoms. The minimum atomic E-state index is -0.370. The lowest BCUT2D eigenvalue weighted by atomic mass is 10.1. The van der Waals surface area contributed by atoms with Crippen LogP contribution < -0.4 is 5.32 Å². The monoisotopic (exact) mass is 344 g/mol. The summed E-state index contributed by atoms with van der Waals surface area (Å²) in [6, 6.07) is 5.15. The number of nitro benzene ring substituents is 1. The van der Waals surface area contributed by atoms with E-state index in [1.807, 2.05) is 19.9 Å². The SMILES string of the molecule is Cc1cc([N+](=O)[O-])c(C)cc1NC(C)c1cc(Cl)sc1Cl. The lowest BCUT2D eigenvalue weighted by Gasteiger charge is -2.17. The second-order valence-electron chi connectivity index (χ2n) is 4.86. The molecule has 0 spiro atoms. The van der Waals surface area contributed by atoms with Crippen molar-refractivity contribution in [1.29, 1.82) is 0 Å². The molecule has 0 amide bonds. The minimum absolute atomic E-state index is 0.0409. The third-order valence-electron chi connectivity index (χ3n) is 3.26. The second kappa shape index (κ2) is 6.22. The van der Waals surface area contributed by atoms with Crippen molar-refractivity contribution in [3.8, 4) is 0 Å². The Labute approximate surface area is 136 Å². The number of rotatable bonds is 4. The number of nitrogens with one attached hydrogen (secondary N) is 1. The number of nitrogens with zero attached hydrogens (tertiary/aromatic N) is 1. The Morgan fingerprint density at radius 1 is 1.24 bits per heavy atom. The lowest BCUT2D eigenvalue weighted by Crippen LogP contribution is -2.08. The van der Waals surface area contributed by atoms with Crippen LogP contribution in [0.1, 0.15) is 29.7 Å². The Morgan fingerprint density at radius 2 is 1.90 bits per heavy atom. The highest BCUT2D eigenvalue weighted by Gasteiger charge is 2.17. The number of aryl methyl sites for hydroxylation is 2. The van der Waals surface area contributed by atoms with Crippen molar-refractivity contribution in [3.05, 3.63) is 53.7 Å². The van der Waals surface area contributed by atoms with E-state index in [1.165, 1.54) is 11.3 Å². The number of hydrogen-bond donors (Lipinski definition) is 1. The van der Waals surface area contributed by atoms with Gasteiger partial charge in [0.05, 0.1) is 19.6 Å². The molecule has 21 heavy (non-hydrogen) atoms. The van der Waals surface area contributed by atoms with Crippen molar-refractivity contribution in [2.45, 2.75) is 26.8 Å². The van der Waals surface area contributed by atoms with Crippen LogP contribution in [0.5, 0.6) is 0 Å². The molecule has 2 rings (SSSR count). The Kier molecular flexibility index (Phi) is 4.76. The molecule has 4 nitrogen and oxygen atoms in total. The lowest BCUT2D eigenvalue weighted by molar-refractivity contribution is -0.385. The predicted molar refractivity (Wildman–Crippen MR) is 88.9 cm³/mol. The average Bonchev–Trinajstić information content (AvgIpc) is 2.72. The normalized spacial score (nSPS) is 12.2. The maximum atomic E-state index is 10.9. The van der Waals surface area contributed by atoms with Crippen molar-refractivity contribution < 1.29 is 4.92 Å². The summed E-state index contributed by atoms with van der Waals surface area (Å²) in [7, 11) is 0. The number of benzene rings is 1. The predicted octanol–water partition coefficient (Wildman–Crippen LogP) is 5.75. The molecule has 0 bridgehead atoms. The highest BCUT2D eigenvalue weighted by molar-refractivity contribution is 7.20. The quantitative estimate of drug-likeness (QED) is 0.567. The van der Waals surface area contributed by atoms with E-state index in [0.29, 0.717) is 14.2 Å². The summed E-state index contributed by atoms with van der Waals surface area (Å²) < 4.78 is 1.29. The molecular formula is C14H14Cl2N2O2S. The van der Waals surface area contributed by atoms with E-state index in [1.54, 1.807) is 19.1 Å². The van der Waals surface area contributed by atoms with E-state index in [0.717, 1.165) is 16.8 Å². The first-order valence-corrected chi connectivity index (χ1v) is 7.83. The Morgan fingerprint density at radius 3 is 2.43 bits per heavy atom. The largest absolute Gasteiger partial charge is 0.378 e. The maximum absolute atomic E-state index is 10.9. The molecule has 0 aliphatic rings. The molecule has 112 valence electrons. The van der Waals surface area contributed by atoms with Gasteiger partial charge in [-0.2, -0.15) is 0 Å². The van der Waals surface area contributed by atoms with Gasteiger partial charge in [-0.3, -0.25) is 10.1 Å². The molecule has 0 saturated heterocycles. The summed E-state index contributed by atoms with van der Waals surface area (Å²) >= 11 is 13.4. The average molecular weight is 345 g/mol. The Hall–Kier alpha value is -1.30. The van der Waals surface area contributed by atoms with Gasteiger partial charge in [-0.1, -0.05) is 23.2 Å². The maximum Gasteiger partial charge on any atom is 0.272 e. The first kappa shape index (κ1) is 16.1. The van der Waals surface area contributed by atoms with Gasteiger partial charge in [-0.25, -0.2) is 0 Å². The molecule has 0 aliphatic heterocycles. The molecule has 1 atom stereocenters. The molecule has 0 aliphatic carbocycles. The van der Waals surface area contributed by atoms with Crippen LogP contribution in [-0.2, 0) is 0 Å². The molecule has 1 unspecified atom stereocenters. The first-order valence-electron chi connectivity index (χ1n) is 6.26. The summed E-state index contributed by atoms with van der Waals surface area (Å²) in [5, 5.41) is 14.3. The van der Waals surface area contributed by atoms with Gasteiger partial charge in [0.1, 0.15) is 0 Å². The number of thiophene rings is 1. The molecule has 0 radical (unpaired) electrons. The molecule has 0 fully saturated rings. The van der Waals surface area contributed by atoms with E-state index < -0.39 is 0 Å². The van der Waals surface area contributed by atoms with Gasteiger partial charge < -0.3 is 5.32 Å². The van der Waals surface area contributed by atoms with Gasteiger partial charge in [0.2, 0.25) is 0 Å². The molecule has 1 aromatic heterocycles. The fourth-order valence-corrected chi connectivity index (χ4v) is 3.76. The van der Waals surface area contributed by atoms with Crippen molar-refractivity contribution >= 4 is 45.9 Å². The van der Waals surface area contributed by atoms with E-state index in [9.17, 15) is 10.1 Å². The van der Waals surface area contributed by atoms with Crippen LogP contribution in [0.15, 0.2) is 18.2 Å². The Bertz CT molecular complexity index is 701. The van der Waals surface area contributed by atoms with Crippen LogP contribution >= 0.6 is 34.5 Å². The van der Waals surface area contributed by atoms with Gasteiger partial charge in [0.25, 0.3) is 5.69 Å². The number of halogens is 2. The fraction of sp³-hybridized carbons (Fsp3) is 0.286. The van der Waals surface area contributed by atoms with E-state index in [2.05, 4.69) is 5.32 Å². The van der Waals surface area contributed by atoms with Crippen molar-refractivity contribution in [1.82, 2.24) is 0 Å². The van der Waals surface area contributed by atoms with Gasteiger partial charge >= 0.3 is 0 Å². The highest BCUT2D eigenvalue weighted by Crippen LogP contribution is 2.37. The standard InChI is InChI=1S/C14H14Cl2N2O2S/c1-7-5-12(18(19)20)8(2)4-11(7)17-9(3)10-6-13(15)21-14(10)16/h4-6,9,17H,1-3H3. The van der Waals surface area contributed by atoms with Crippen molar-refractivity contribution in [2.24, 2.45) is 0 Å². The van der Waals surface area contributed by atoms with Crippen LogP contribution in [0.2, 0.25) is 8.67 Å². The summed E-state index contributed by atoms with van der Waals surface area (Å²) in [5.41, 5.74) is 3.33. The van der Waals surface area contributed by atoms with Crippen LogP contribution in [-0.4, -0.2) is 4.92 Å². The zero-order valence-corrected chi connectivity index (χ0v) is 14.1. The molecule has 1 heterocycles. The topological polar surface area (TPSA) is 55.2 Å². The number of nitro groups is 1. The molecule has 1 N–H and O–H groups in total. The summed E-state index contributed by atoms with van der Waals surface area (Å²) in [6.07, 6.45) is 0. The van der Waals surface area contributed by atoms with Crippen molar-refractivity contribution in [3.63, 3.8) is 0 Å². The van der Waals surface area contributed by atoms with Gasteiger partial charge in [0.15, 0.2) is 0 Å². The van der Waals surface area contributed by atoms with Crippen molar-refractivity contribution in [2.75, 3.05) is 5.32 Å². The van der Waals surface area contributed by atoms with Crippen LogP contribution in [0.3, 0.4) is 0 Å². The first-order chi connectivity index (χ1) is 9.79. The molecule has 0 saturated carbocycles. The number of hydrogen-bond acceptors (Lipinski definition) is 4. The molecule has 1 aromatic carbocycles. The molecular weight excluding hydrogens is 331 g/mol. The van der Waals surface area contributed by atoms with Crippen LogP contribution in [0, 0.1) is 24.0 Å². The summed E-state index contributed by atoms with van der Waals surface area (Å²) in [6.45, 7) is 5.53. The van der Waals surface area contributed by atoms with E-state index >= 15 is 0 Å². The molecule has 2 aromatic rings. The van der Waals surface area contributed by atoms with E-state index in [-0.39, 0.29) is 16.7 Å². The van der Waals surface area contributed by atoms with Gasteiger partial charge in [-0.15, -0.1) is 11.3 Å². The summed E-state index contributed by atoms with van der Waals surface area (Å²) in [5.74, 6) is 0. The zero-order valence-electron chi connectivity index (χ0n) is 11.7. The van der Waals surface area contributed by atoms with E-state index in [4.69, 9.17) is 23.2 Å². The van der Waals surface area contributed by atoms with Gasteiger partial charge in [0, 0.05) is 22.9 Å². The Balaban J connectivity index is 2.29. The zero-order chi connectivity index (χ0) is 15.7. The third-order valence-corrected chi connectivity index (χ3v) is 4.78. The summed E-state index contributed by atoms with van der Waals surface area (Å²) in [4.78, 5) is 10.6. The van der Waals surface area contributed by atoms with Crippen LogP contribution in [0.25, 0.3) is 0 Å². The smallest absolute Gasteiger partial charge is 0.272 e. The highest BCUT2D eigenvalue weighted by atomic mass is 35.5. The van der Waals surface area contributed by atoms with Gasteiger partial charge in [-0.05, 0) is 38.5 Å².